The molecule has 1 aromatic heterocycles. The second kappa shape index (κ2) is 9.69. The van der Waals surface area contributed by atoms with E-state index in [0.717, 1.165) is 24.9 Å². The number of carbonyl (C=O) groups is 2. The standard InChI is InChI=1S/C24H25N3O2S/c28-23(17-27-14-6-12-21(27)22-13-7-15-30-22)26-20-11-5-4-10-19(20)24(29)25-16-18-8-2-1-3-9-18/h1-5,7-11,13,15,21H,6,12,14,16-17H2,(H,25,29)(H,26,28)/p+1/t21-/m1/s1. The van der Waals surface area contributed by atoms with E-state index >= 15 is 0 Å². The lowest BCUT2D eigenvalue weighted by Crippen LogP contribution is -3.11. The maximum absolute atomic E-state index is 12.8. The van der Waals surface area contributed by atoms with Crippen molar-refractivity contribution in [1.29, 1.82) is 0 Å². The molecule has 5 nitrogen and oxygen atoms in total. The van der Waals surface area contributed by atoms with E-state index in [1.165, 1.54) is 9.78 Å². The maximum Gasteiger partial charge on any atom is 0.279 e. The summed E-state index contributed by atoms with van der Waals surface area (Å²) in [6, 6.07) is 21.6. The summed E-state index contributed by atoms with van der Waals surface area (Å²) in [7, 11) is 0. The first kappa shape index (κ1) is 20.3. The number of amides is 2. The number of hydrogen-bond donors (Lipinski definition) is 3. The molecule has 1 aliphatic heterocycles. The molecule has 0 radical (unpaired) electrons. The topological polar surface area (TPSA) is 62.6 Å². The monoisotopic (exact) mass is 420 g/mol. The van der Waals surface area contributed by atoms with Gasteiger partial charge >= 0.3 is 0 Å². The summed E-state index contributed by atoms with van der Waals surface area (Å²) in [6.07, 6.45) is 2.24. The average Bonchev–Trinajstić information content (AvgIpc) is 3.45. The Bertz CT molecular complexity index is 989. The normalized spacial score (nSPS) is 18.1. The zero-order valence-electron chi connectivity index (χ0n) is 16.8. The van der Waals surface area contributed by atoms with Gasteiger partial charge in [0.15, 0.2) is 6.54 Å². The van der Waals surface area contributed by atoms with Crippen LogP contribution in [0.2, 0.25) is 0 Å². The summed E-state index contributed by atoms with van der Waals surface area (Å²) < 4.78 is 0. The van der Waals surface area contributed by atoms with Crippen molar-refractivity contribution in [2.45, 2.75) is 25.4 Å². The van der Waals surface area contributed by atoms with E-state index in [4.69, 9.17) is 0 Å². The number of likely N-dealkylation sites (tertiary alicyclic amines) is 1. The number of hydrogen-bond acceptors (Lipinski definition) is 3. The van der Waals surface area contributed by atoms with Crippen molar-refractivity contribution in [2.24, 2.45) is 0 Å². The first-order valence-corrected chi connectivity index (χ1v) is 11.2. The molecule has 0 saturated carbocycles. The molecular formula is C24H26N3O2S+. The smallest absolute Gasteiger partial charge is 0.279 e. The second-order valence-electron chi connectivity index (χ2n) is 7.56. The number of anilines is 1. The zero-order chi connectivity index (χ0) is 20.8. The molecule has 30 heavy (non-hydrogen) atoms. The molecule has 2 aromatic carbocycles. The van der Waals surface area contributed by atoms with Crippen molar-refractivity contribution in [1.82, 2.24) is 5.32 Å². The van der Waals surface area contributed by atoms with Crippen LogP contribution < -0.4 is 15.5 Å². The third kappa shape index (κ3) is 4.96. The Morgan fingerprint density at radius 3 is 2.60 bits per heavy atom. The molecule has 1 unspecified atom stereocenters. The van der Waals surface area contributed by atoms with Crippen molar-refractivity contribution in [2.75, 3.05) is 18.4 Å². The molecule has 3 N–H and O–H groups in total. The van der Waals surface area contributed by atoms with E-state index in [2.05, 4.69) is 28.1 Å². The fraction of sp³-hybridized carbons (Fsp3) is 0.250. The van der Waals surface area contributed by atoms with Crippen LogP contribution in [0.1, 0.15) is 39.7 Å². The van der Waals surface area contributed by atoms with Crippen molar-refractivity contribution in [3.8, 4) is 0 Å². The number of rotatable bonds is 7. The Kier molecular flexibility index (Phi) is 6.57. The predicted octanol–water partition coefficient (Wildman–Crippen LogP) is 3.04. The molecule has 0 aliphatic carbocycles. The van der Waals surface area contributed by atoms with E-state index in [-0.39, 0.29) is 11.8 Å². The van der Waals surface area contributed by atoms with Crippen LogP contribution >= 0.6 is 11.3 Å². The van der Waals surface area contributed by atoms with Crippen LogP contribution in [0.3, 0.4) is 0 Å². The first-order valence-electron chi connectivity index (χ1n) is 10.3. The Balaban J connectivity index is 1.38. The van der Waals surface area contributed by atoms with Crippen LogP contribution in [-0.4, -0.2) is 24.9 Å². The van der Waals surface area contributed by atoms with Gasteiger partial charge in [0.2, 0.25) is 0 Å². The van der Waals surface area contributed by atoms with Crippen LogP contribution in [-0.2, 0) is 11.3 Å². The molecule has 3 aromatic rings. The van der Waals surface area contributed by atoms with E-state index < -0.39 is 0 Å². The van der Waals surface area contributed by atoms with Gasteiger partial charge < -0.3 is 15.5 Å². The maximum atomic E-state index is 12.8. The van der Waals surface area contributed by atoms with E-state index in [9.17, 15) is 9.59 Å². The second-order valence-corrected chi connectivity index (χ2v) is 8.54. The summed E-state index contributed by atoms with van der Waals surface area (Å²) >= 11 is 1.76. The third-order valence-electron chi connectivity index (χ3n) is 5.50. The minimum Gasteiger partial charge on any atom is -0.348 e. The van der Waals surface area contributed by atoms with Gasteiger partial charge in [0.05, 0.1) is 22.7 Å². The number of benzene rings is 2. The van der Waals surface area contributed by atoms with Gasteiger partial charge in [-0.2, -0.15) is 0 Å². The molecule has 1 aliphatic rings. The zero-order valence-corrected chi connectivity index (χ0v) is 17.6. The van der Waals surface area contributed by atoms with Crippen molar-refractivity contribution >= 4 is 28.8 Å². The van der Waals surface area contributed by atoms with Crippen LogP contribution in [0.4, 0.5) is 5.69 Å². The van der Waals surface area contributed by atoms with Gasteiger partial charge in [0.25, 0.3) is 11.8 Å². The fourth-order valence-corrected chi connectivity index (χ4v) is 4.94. The van der Waals surface area contributed by atoms with Gasteiger partial charge in [-0.05, 0) is 29.1 Å². The van der Waals surface area contributed by atoms with Crippen LogP contribution in [0.5, 0.6) is 0 Å². The van der Waals surface area contributed by atoms with Crippen LogP contribution in [0, 0.1) is 0 Å². The highest BCUT2D eigenvalue weighted by Crippen LogP contribution is 2.23. The average molecular weight is 421 g/mol. The summed E-state index contributed by atoms with van der Waals surface area (Å²) in [6.45, 7) is 1.85. The fourth-order valence-electron chi connectivity index (χ4n) is 4.02. The molecule has 2 amide bonds. The number of quaternary nitrogens is 1. The molecule has 154 valence electrons. The quantitative estimate of drug-likeness (QED) is 0.550. The van der Waals surface area contributed by atoms with Gasteiger partial charge in [-0.1, -0.05) is 48.5 Å². The Morgan fingerprint density at radius 1 is 1.00 bits per heavy atom. The van der Waals surface area contributed by atoms with E-state index in [1.54, 1.807) is 23.5 Å². The van der Waals surface area contributed by atoms with Gasteiger partial charge in [-0.25, -0.2) is 0 Å². The highest BCUT2D eigenvalue weighted by molar-refractivity contribution is 7.10. The summed E-state index contributed by atoms with van der Waals surface area (Å²) in [5, 5.41) is 7.99. The lowest BCUT2D eigenvalue weighted by Gasteiger charge is -2.20. The molecule has 4 rings (SSSR count). The van der Waals surface area contributed by atoms with Crippen molar-refractivity contribution in [3.63, 3.8) is 0 Å². The Hall–Kier alpha value is -2.96. The molecule has 0 spiro atoms. The Morgan fingerprint density at radius 2 is 1.80 bits per heavy atom. The summed E-state index contributed by atoms with van der Waals surface area (Å²) in [5.74, 6) is -0.253. The minimum atomic E-state index is -0.195. The largest absolute Gasteiger partial charge is 0.348 e. The van der Waals surface area contributed by atoms with Crippen molar-refractivity contribution in [3.05, 3.63) is 88.1 Å². The van der Waals surface area contributed by atoms with Gasteiger partial charge in [0.1, 0.15) is 6.04 Å². The van der Waals surface area contributed by atoms with Gasteiger partial charge in [-0.15, -0.1) is 11.3 Å². The third-order valence-corrected chi connectivity index (χ3v) is 6.49. The first-order chi connectivity index (χ1) is 14.7. The minimum absolute atomic E-state index is 0.0586. The van der Waals surface area contributed by atoms with Crippen molar-refractivity contribution < 1.29 is 14.5 Å². The van der Waals surface area contributed by atoms with Gasteiger partial charge in [-0.3, -0.25) is 9.59 Å². The number of thiophene rings is 1. The van der Waals surface area contributed by atoms with Crippen LogP contribution in [0.25, 0.3) is 0 Å². The molecular weight excluding hydrogens is 394 g/mol. The molecule has 0 bridgehead atoms. The lowest BCUT2D eigenvalue weighted by molar-refractivity contribution is -0.910. The number of nitrogens with one attached hydrogen (secondary N) is 3. The summed E-state index contributed by atoms with van der Waals surface area (Å²) in [4.78, 5) is 28.1. The lowest BCUT2D eigenvalue weighted by atomic mass is 10.1. The van der Waals surface area contributed by atoms with Crippen LogP contribution in [0.15, 0.2) is 72.1 Å². The highest BCUT2D eigenvalue weighted by Gasteiger charge is 2.32. The van der Waals surface area contributed by atoms with E-state index in [1.807, 2.05) is 42.5 Å². The SMILES string of the molecule is O=C(C[NH+]1CCC[C@@H]1c1cccs1)Nc1ccccc1C(=O)NCc1ccccc1. The van der Waals surface area contributed by atoms with E-state index in [0.29, 0.717) is 30.4 Å². The highest BCUT2D eigenvalue weighted by atomic mass is 32.1. The molecule has 2 atom stereocenters. The summed E-state index contributed by atoms with van der Waals surface area (Å²) in [5.41, 5.74) is 2.07. The molecule has 6 heteroatoms. The number of carbonyl (C=O) groups excluding carboxylic acids is 2. The molecule has 1 fully saturated rings. The molecule has 2 heterocycles. The van der Waals surface area contributed by atoms with Gasteiger partial charge in [0, 0.05) is 19.4 Å². The molecule has 1 saturated heterocycles. The predicted molar refractivity (Wildman–Crippen MR) is 120 cm³/mol. The Labute approximate surface area is 180 Å². The number of para-hydroxylation sites is 1.